The number of amides is 1. The van der Waals surface area contributed by atoms with Crippen molar-refractivity contribution < 1.29 is 9.53 Å². The number of nitrogens with one attached hydrogen (secondary N) is 1. The number of carbonyl (C=O) groups excluding carboxylic acids is 1. The monoisotopic (exact) mass is 650 g/mol. The third-order valence-electron chi connectivity index (χ3n) is 7.24. The van der Waals surface area contributed by atoms with Crippen LogP contribution in [0.25, 0.3) is 0 Å². The van der Waals surface area contributed by atoms with Crippen LogP contribution in [0.5, 0.6) is 5.75 Å². The Morgan fingerprint density at radius 2 is 1.55 bits per heavy atom. The molecular formula is C33H48BrClN2O2S. The molecule has 0 atom stereocenters. The topological polar surface area (TPSA) is 41.6 Å². The molecule has 2 aromatic carbocycles. The van der Waals surface area contributed by atoms with E-state index in [4.69, 9.17) is 16.3 Å². The summed E-state index contributed by atoms with van der Waals surface area (Å²) in [5, 5.41) is 5.75. The van der Waals surface area contributed by atoms with Gasteiger partial charge in [-0.05, 0) is 54.1 Å². The molecule has 0 spiro atoms. The van der Waals surface area contributed by atoms with Gasteiger partial charge >= 0.3 is 0 Å². The Morgan fingerprint density at radius 1 is 0.925 bits per heavy atom. The van der Waals surface area contributed by atoms with E-state index in [0.29, 0.717) is 11.6 Å². The molecule has 0 bridgehead atoms. The number of anilines is 1. The summed E-state index contributed by atoms with van der Waals surface area (Å²) in [6.45, 7) is 6.00. The molecule has 2 aromatic rings. The van der Waals surface area contributed by atoms with Crippen molar-refractivity contribution in [2.75, 3.05) is 17.8 Å². The van der Waals surface area contributed by atoms with Gasteiger partial charge in [-0.15, -0.1) is 28.7 Å². The number of rotatable bonds is 19. The maximum atomic E-state index is 12.6. The summed E-state index contributed by atoms with van der Waals surface area (Å²) in [6, 6.07) is 13.7. The molecule has 0 saturated carbocycles. The van der Waals surface area contributed by atoms with Crippen LogP contribution < -0.4 is 10.1 Å². The molecule has 1 amide bonds. The molecule has 0 radical (unpaired) electrons. The fourth-order valence-electron chi connectivity index (χ4n) is 4.78. The zero-order valence-corrected chi connectivity index (χ0v) is 27.7. The van der Waals surface area contributed by atoms with Crippen molar-refractivity contribution in [1.29, 1.82) is 0 Å². The van der Waals surface area contributed by atoms with Crippen LogP contribution in [0, 0.1) is 0 Å². The number of unbranched alkanes of at least 4 members (excludes halogenated alkanes) is 11. The lowest BCUT2D eigenvalue weighted by Gasteiger charge is -2.19. The van der Waals surface area contributed by atoms with Crippen LogP contribution in [-0.2, 0) is 17.8 Å². The highest BCUT2D eigenvalue weighted by atomic mass is 79.9. The minimum atomic E-state index is -0.0791. The van der Waals surface area contributed by atoms with E-state index in [1.54, 1.807) is 0 Å². The molecule has 3 rings (SSSR count). The average Bonchev–Trinajstić information content (AvgIpc) is 3.33. The Labute approximate surface area is 262 Å². The summed E-state index contributed by atoms with van der Waals surface area (Å²) in [5.41, 5.74) is 4.13. The van der Waals surface area contributed by atoms with Crippen LogP contribution in [0.4, 0.5) is 5.69 Å². The summed E-state index contributed by atoms with van der Waals surface area (Å²) in [5.74, 6) is 1.68. The van der Waals surface area contributed by atoms with Gasteiger partial charge in [0.1, 0.15) is 5.75 Å². The van der Waals surface area contributed by atoms with Gasteiger partial charge in [0.05, 0.1) is 18.9 Å². The van der Waals surface area contributed by atoms with Crippen LogP contribution in [0.15, 0.2) is 53.6 Å². The second kappa shape index (κ2) is 20.3. The molecule has 0 saturated heterocycles. The summed E-state index contributed by atoms with van der Waals surface area (Å²) in [7, 11) is 0. The van der Waals surface area contributed by atoms with E-state index in [9.17, 15) is 4.79 Å². The highest BCUT2D eigenvalue weighted by Gasteiger charge is 2.12. The number of hydrogen-bond acceptors (Lipinski definition) is 4. The minimum Gasteiger partial charge on any atom is -0.494 e. The predicted octanol–water partition coefficient (Wildman–Crippen LogP) is 10.5. The zero-order valence-electron chi connectivity index (χ0n) is 24.4. The summed E-state index contributed by atoms with van der Waals surface area (Å²) < 4.78 is 5.91. The minimum absolute atomic E-state index is 0. The number of halogens is 2. The molecule has 0 fully saturated rings. The lowest BCUT2D eigenvalue weighted by molar-refractivity contribution is -0.115. The van der Waals surface area contributed by atoms with Gasteiger partial charge in [-0.25, -0.2) is 0 Å². The van der Waals surface area contributed by atoms with E-state index in [2.05, 4.69) is 41.6 Å². The highest BCUT2D eigenvalue weighted by molar-refractivity contribution is 8.93. The Bertz CT molecular complexity index is 1030. The normalized spacial score (nSPS) is 12.7. The molecule has 0 unspecified atom stereocenters. The van der Waals surface area contributed by atoms with Crippen LogP contribution in [-0.4, -0.2) is 23.3 Å². The molecule has 0 aromatic heterocycles. The highest BCUT2D eigenvalue weighted by Crippen LogP contribution is 2.26. The van der Waals surface area contributed by atoms with Gasteiger partial charge in [-0.3, -0.25) is 4.79 Å². The molecule has 1 aliphatic rings. The largest absolute Gasteiger partial charge is 0.494 e. The molecule has 4 nitrogen and oxygen atoms in total. The fraction of sp³-hybridized carbons (Fsp3) is 0.545. The molecule has 40 heavy (non-hydrogen) atoms. The maximum Gasteiger partial charge on any atom is 0.228 e. The van der Waals surface area contributed by atoms with Crippen LogP contribution in [0.1, 0.15) is 102 Å². The van der Waals surface area contributed by atoms with Crippen molar-refractivity contribution in [1.82, 2.24) is 4.90 Å². The molecule has 7 heteroatoms. The summed E-state index contributed by atoms with van der Waals surface area (Å²) >= 11 is 8.30. The molecule has 222 valence electrons. The van der Waals surface area contributed by atoms with Crippen molar-refractivity contribution in [2.24, 2.45) is 0 Å². The molecule has 0 aliphatic carbocycles. The standard InChI is InChI=1S/C33H47ClN2O2S.BrH/c1-3-4-5-6-7-8-9-10-11-12-13-14-21-38-31-20-17-29(32(34)23-31)22-33(37)35-30-18-15-28(16-19-30)24-36-26-39-25-27(36)2;/h15-20,23,25H,3-14,21-22,24,26H2,1-2H3,(H,35,37);1H. The van der Waals surface area contributed by atoms with E-state index in [-0.39, 0.29) is 29.3 Å². The first-order chi connectivity index (χ1) is 19.0. The first-order valence-electron chi connectivity index (χ1n) is 14.9. The molecule has 1 aliphatic heterocycles. The Kier molecular flexibility index (Phi) is 17.5. The Hall–Kier alpha value is -1.63. The zero-order chi connectivity index (χ0) is 27.7. The van der Waals surface area contributed by atoms with E-state index in [0.717, 1.165) is 35.8 Å². The van der Waals surface area contributed by atoms with E-state index < -0.39 is 0 Å². The maximum absolute atomic E-state index is 12.6. The van der Waals surface area contributed by atoms with Gasteiger partial charge in [-0.2, -0.15) is 0 Å². The number of hydrogen-bond donors (Lipinski definition) is 1. The van der Waals surface area contributed by atoms with Crippen LogP contribution in [0.2, 0.25) is 5.02 Å². The summed E-state index contributed by atoms with van der Waals surface area (Å²) in [6.07, 6.45) is 16.2. The van der Waals surface area contributed by atoms with Crippen LogP contribution >= 0.6 is 40.3 Å². The second-order valence-electron chi connectivity index (χ2n) is 10.7. The molecule has 1 N–H and O–H groups in total. The van der Waals surface area contributed by atoms with E-state index >= 15 is 0 Å². The van der Waals surface area contributed by atoms with Crippen molar-refractivity contribution in [3.05, 3.63) is 69.7 Å². The van der Waals surface area contributed by atoms with E-state index in [1.165, 1.54) is 81.9 Å². The Balaban J connectivity index is 0.00000560. The number of ether oxygens (including phenoxy) is 1. The Morgan fingerprint density at radius 3 is 2.12 bits per heavy atom. The first-order valence-corrected chi connectivity index (χ1v) is 16.3. The van der Waals surface area contributed by atoms with Gasteiger partial charge in [-0.1, -0.05) is 107 Å². The van der Waals surface area contributed by atoms with Crippen molar-refractivity contribution in [3.8, 4) is 5.75 Å². The third-order valence-corrected chi connectivity index (χ3v) is 8.56. The van der Waals surface area contributed by atoms with Crippen molar-refractivity contribution >= 4 is 51.9 Å². The van der Waals surface area contributed by atoms with Crippen LogP contribution in [0.3, 0.4) is 0 Å². The van der Waals surface area contributed by atoms with Gasteiger partial charge in [0.15, 0.2) is 0 Å². The second-order valence-corrected chi connectivity index (χ2v) is 11.9. The number of benzene rings is 2. The van der Waals surface area contributed by atoms with Gasteiger partial charge in [0.25, 0.3) is 0 Å². The number of thioether (sulfide) groups is 1. The quantitative estimate of drug-likeness (QED) is 0.154. The number of carbonyl (C=O) groups is 1. The van der Waals surface area contributed by atoms with E-state index in [1.807, 2.05) is 42.1 Å². The first kappa shape index (κ1) is 34.6. The van der Waals surface area contributed by atoms with Crippen molar-refractivity contribution in [3.63, 3.8) is 0 Å². The van der Waals surface area contributed by atoms with Gasteiger partial charge in [0.2, 0.25) is 5.91 Å². The third kappa shape index (κ3) is 13.4. The number of nitrogens with zero attached hydrogens (tertiary/aromatic N) is 1. The lowest BCUT2D eigenvalue weighted by atomic mass is 10.1. The molecule has 1 heterocycles. The SMILES string of the molecule is Br.CCCCCCCCCCCCCCOc1ccc(CC(=O)Nc2ccc(CN3CSC=C3C)cc2)c(Cl)c1. The fourth-order valence-corrected chi connectivity index (χ4v) is 5.96. The van der Waals surface area contributed by atoms with Crippen molar-refractivity contribution in [2.45, 2.75) is 104 Å². The summed E-state index contributed by atoms with van der Waals surface area (Å²) in [4.78, 5) is 15.0. The lowest BCUT2D eigenvalue weighted by Crippen LogP contribution is -2.17. The van der Waals surface area contributed by atoms with Gasteiger partial charge < -0.3 is 15.0 Å². The predicted molar refractivity (Wildman–Crippen MR) is 179 cm³/mol. The molecular weight excluding hydrogens is 604 g/mol. The average molecular weight is 652 g/mol. The smallest absolute Gasteiger partial charge is 0.228 e. The number of allylic oxidation sites excluding steroid dienone is 1. The van der Waals surface area contributed by atoms with Gasteiger partial charge in [0, 0.05) is 23.0 Å².